The molecule has 10 heteroatoms. The molecule has 1 saturated carbocycles. The van der Waals surface area contributed by atoms with Crippen molar-refractivity contribution in [3.8, 4) is 5.75 Å². The fraction of sp³-hybridized carbons (Fsp3) is 0.412. The second kappa shape index (κ2) is 5.52. The molecule has 1 aromatic heterocycles. The summed E-state index contributed by atoms with van der Waals surface area (Å²) in [6.07, 6.45) is 3.13. The van der Waals surface area contributed by atoms with Gasteiger partial charge in [0.2, 0.25) is 5.43 Å². The van der Waals surface area contributed by atoms with Crippen LogP contribution in [0.15, 0.2) is 17.1 Å². The zero-order chi connectivity index (χ0) is 19.7. The highest BCUT2D eigenvalue weighted by atomic mass is 32.2. The molecule has 1 atom stereocenters. The van der Waals surface area contributed by atoms with Crippen molar-refractivity contribution in [1.29, 1.82) is 0 Å². The van der Waals surface area contributed by atoms with Crippen molar-refractivity contribution in [2.45, 2.75) is 31.3 Å². The van der Waals surface area contributed by atoms with Crippen molar-refractivity contribution in [2.75, 3.05) is 12.9 Å². The highest BCUT2D eigenvalue weighted by Crippen LogP contribution is 2.50. The lowest BCUT2D eigenvalue weighted by Gasteiger charge is -2.30. The molecule has 0 amide bonds. The number of rotatable bonds is 3. The number of hydrogen-bond acceptors (Lipinski definition) is 7. The SMILES string of the molecule is C[C@H]1COc2c(C3(N)CC3)c(F)cc3c(=O)c(C(=O)OS(C)(=O)=O)cn1c23. The molecule has 0 saturated heterocycles. The van der Waals surface area contributed by atoms with Crippen molar-refractivity contribution in [3.05, 3.63) is 39.4 Å². The summed E-state index contributed by atoms with van der Waals surface area (Å²) in [4.78, 5) is 24.9. The van der Waals surface area contributed by atoms with Crippen LogP contribution in [0.2, 0.25) is 0 Å². The first kappa shape index (κ1) is 17.9. The third-order valence-corrected chi connectivity index (χ3v) is 5.35. The van der Waals surface area contributed by atoms with Gasteiger partial charge in [0.05, 0.1) is 28.8 Å². The first-order valence-electron chi connectivity index (χ1n) is 8.29. The first-order chi connectivity index (χ1) is 12.5. The minimum atomic E-state index is -4.11. The second-order valence-electron chi connectivity index (χ2n) is 7.13. The summed E-state index contributed by atoms with van der Waals surface area (Å²) in [7, 11) is -4.11. The standard InChI is InChI=1S/C17H17FN2O6S/c1-8-7-25-15-12(17(19)3-4-17)11(18)5-9-13(15)20(8)6-10(14(9)21)16(22)26-27(2,23)24/h5-6,8H,3-4,7,19H2,1-2H3/t8-/m0/s1. The summed E-state index contributed by atoms with van der Waals surface area (Å²) in [5.41, 5.74) is 4.59. The zero-order valence-corrected chi connectivity index (χ0v) is 15.4. The first-order valence-corrected chi connectivity index (χ1v) is 10.1. The molecule has 27 heavy (non-hydrogen) atoms. The molecule has 0 unspecified atom stereocenters. The zero-order valence-electron chi connectivity index (χ0n) is 14.6. The molecule has 1 aliphatic carbocycles. The number of nitrogens with two attached hydrogens (primary N) is 1. The Morgan fingerprint density at radius 2 is 2.11 bits per heavy atom. The van der Waals surface area contributed by atoms with Gasteiger partial charge in [0.15, 0.2) is 5.75 Å². The largest absolute Gasteiger partial charge is 0.489 e. The van der Waals surface area contributed by atoms with Gasteiger partial charge in [-0.05, 0) is 25.8 Å². The van der Waals surface area contributed by atoms with Crippen molar-refractivity contribution >= 4 is 27.0 Å². The molecule has 1 aliphatic heterocycles. The third kappa shape index (κ3) is 2.79. The van der Waals surface area contributed by atoms with Crippen LogP contribution in [0.3, 0.4) is 0 Å². The second-order valence-corrected chi connectivity index (χ2v) is 8.70. The number of halogens is 1. The van der Waals surface area contributed by atoms with E-state index in [2.05, 4.69) is 4.18 Å². The molecule has 2 heterocycles. The number of nitrogens with zero attached hydrogens (tertiary/aromatic N) is 1. The Kier molecular flexibility index (Phi) is 3.67. The van der Waals surface area contributed by atoms with Crippen LogP contribution in [0.1, 0.15) is 41.7 Å². The monoisotopic (exact) mass is 396 g/mol. The highest BCUT2D eigenvalue weighted by molar-refractivity contribution is 7.86. The van der Waals surface area contributed by atoms with E-state index in [1.54, 1.807) is 11.5 Å². The lowest BCUT2D eigenvalue weighted by atomic mass is 9.98. The maximum absolute atomic E-state index is 14.8. The van der Waals surface area contributed by atoms with Crippen molar-refractivity contribution in [1.82, 2.24) is 4.57 Å². The number of benzene rings is 1. The van der Waals surface area contributed by atoms with Crippen molar-refractivity contribution in [3.63, 3.8) is 0 Å². The Morgan fingerprint density at radius 1 is 1.44 bits per heavy atom. The molecule has 0 radical (unpaired) electrons. The Labute approximate surface area is 153 Å². The van der Waals surface area contributed by atoms with Crippen molar-refractivity contribution in [2.24, 2.45) is 5.73 Å². The molecule has 2 N–H and O–H groups in total. The van der Waals surface area contributed by atoms with E-state index in [-0.39, 0.29) is 29.3 Å². The van der Waals surface area contributed by atoms with Gasteiger partial charge in [-0.25, -0.2) is 9.18 Å². The number of carbonyl (C=O) groups is 1. The Morgan fingerprint density at radius 3 is 2.70 bits per heavy atom. The normalized spacial score (nSPS) is 20.2. The van der Waals surface area contributed by atoms with Gasteiger partial charge in [-0.2, -0.15) is 8.42 Å². The summed E-state index contributed by atoms with van der Waals surface area (Å²) in [5.74, 6) is -1.80. The van der Waals surface area contributed by atoms with E-state index in [0.29, 0.717) is 24.6 Å². The summed E-state index contributed by atoms with van der Waals surface area (Å²) in [6, 6.07) is 0.745. The van der Waals surface area contributed by atoms with Crippen LogP contribution in [0.25, 0.3) is 10.9 Å². The quantitative estimate of drug-likeness (QED) is 0.774. The van der Waals surface area contributed by atoms with E-state index in [1.807, 2.05) is 0 Å². The van der Waals surface area contributed by atoms with Gasteiger partial charge in [-0.3, -0.25) is 4.79 Å². The van der Waals surface area contributed by atoms with Gasteiger partial charge in [0.1, 0.15) is 18.0 Å². The molecule has 4 rings (SSSR count). The minimum Gasteiger partial charge on any atom is -0.489 e. The van der Waals surface area contributed by atoms with E-state index in [4.69, 9.17) is 10.5 Å². The summed E-state index contributed by atoms with van der Waals surface area (Å²) in [6.45, 7) is 1.97. The Bertz CT molecular complexity index is 1170. The summed E-state index contributed by atoms with van der Waals surface area (Å²) in [5, 5.41) is -0.0926. The average Bonchev–Trinajstić information content (AvgIpc) is 3.28. The van der Waals surface area contributed by atoms with Crippen LogP contribution < -0.4 is 15.9 Å². The van der Waals surface area contributed by atoms with Crippen LogP contribution in [-0.2, 0) is 19.8 Å². The van der Waals surface area contributed by atoms with Gasteiger partial charge in [-0.1, -0.05) is 0 Å². The third-order valence-electron chi connectivity index (χ3n) is 4.90. The van der Waals surface area contributed by atoms with E-state index in [1.165, 1.54) is 6.20 Å². The molecule has 2 aromatic rings. The molecule has 1 aromatic carbocycles. The van der Waals surface area contributed by atoms with Crippen LogP contribution in [0.5, 0.6) is 5.75 Å². The molecular weight excluding hydrogens is 379 g/mol. The highest BCUT2D eigenvalue weighted by Gasteiger charge is 2.46. The van der Waals surface area contributed by atoms with E-state index < -0.39 is 38.4 Å². The van der Waals surface area contributed by atoms with E-state index in [0.717, 1.165) is 6.07 Å². The maximum Gasteiger partial charge on any atom is 0.359 e. The van der Waals surface area contributed by atoms with Gasteiger partial charge in [-0.15, -0.1) is 0 Å². The fourth-order valence-corrected chi connectivity index (χ4v) is 3.77. The molecule has 144 valence electrons. The van der Waals surface area contributed by atoms with Gasteiger partial charge >= 0.3 is 16.1 Å². The van der Waals surface area contributed by atoms with Gasteiger partial charge < -0.3 is 19.2 Å². The number of pyridine rings is 1. The number of ether oxygens (including phenoxy) is 1. The number of hydrogen-bond donors (Lipinski definition) is 1. The molecule has 0 bridgehead atoms. The molecule has 8 nitrogen and oxygen atoms in total. The average molecular weight is 396 g/mol. The predicted molar refractivity (Wildman–Crippen MR) is 93.7 cm³/mol. The summed E-state index contributed by atoms with van der Waals surface area (Å²) >= 11 is 0. The van der Waals surface area contributed by atoms with Crippen LogP contribution in [-0.4, -0.2) is 31.8 Å². The van der Waals surface area contributed by atoms with Crippen LogP contribution in [0.4, 0.5) is 4.39 Å². The minimum absolute atomic E-state index is 0.0926. The van der Waals surface area contributed by atoms with Gasteiger partial charge in [0.25, 0.3) is 0 Å². The van der Waals surface area contributed by atoms with E-state index >= 15 is 0 Å². The molecule has 1 fully saturated rings. The van der Waals surface area contributed by atoms with E-state index in [9.17, 15) is 22.4 Å². The Balaban J connectivity index is 2.04. The topological polar surface area (TPSA) is 118 Å². The molecule has 0 spiro atoms. The number of aromatic nitrogens is 1. The van der Waals surface area contributed by atoms with Gasteiger partial charge in [0, 0.05) is 11.7 Å². The van der Waals surface area contributed by atoms with Crippen molar-refractivity contribution < 1.29 is 26.5 Å². The fourth-order valence-electron chi connectivity index (χ4n) is 3.40. The molecule has 2 aliphatic rings. The lowest BCUT2D eigenvalue weighted by Crippen LogP contribution is -2.30. The van der Waals surface area contributed by atoms with Crippen LogP contribution in [0, 0.1) is 5.82 Å². The van der Waals surface area contributed by atoms with Crippen LogP contribution >= 0.6 is 0 Å². The Hall–Kier alpha value is -2.46. The lowest BCUT2D eigenvalue weighted by molar-refractivity contribution is 0.0746. The number of carbonyl (C=O) groups excluding carboxylic acids is 1. The summed E-state index contributed by atoms with van der Waals surface area (Å²) < 4.78 is 49.0. The molecular formula is C17H17FN2O6S. The maximum atomic E-state index is 14.8. The predicted octanol–water partition coefficient (Wildman–Crippen LogP) is 1.16. The smallest absolute Gasteiger partial charge is 0.359 e.